The van der Waals surface area contributed by atoms with Crippen LogP contribution in [-0.4, -0.2) is 6.36 Å². The number of ether oxygens (including phenoxy) is 1. The minimum absolute atomic E-state index is 0.167. The molecule has 1 aromatic carbocycles. The number of hydrogen-bond donors (Lipinski definition) is 0. The summed E-state index contributed by atoms with van der Waals surface area (Å²) >= 11 is 0. The van der Waals surface area contributed by atoms with Crippen LogP contribution in [0.3, 0.4) is 0 Å². The molecule has 1 saturated carbocycles. The molecule has 0 N–H and O–H groups in total. The standard InChI is InChI=1S/C18H20F3NO/c19-18(20,21)23-17-11-9-16(10-12-17)15-7-5-14(6-8-15)4-2-1-3-13-22/h1,3,9-12,14-15H,2,4-8H2/t14-,15-. The number of benzene rings is 1. The highest BCUT2D eigenvalue weighted by Crippen LogP contribution is 2.38. The van der Waals surface area contributed by atoms with Crippen molar-refractivity contribution in [2.45, 2.75) is 50.8 Å². The molecule has 5 heteroatoms. The predicted octanol–water partition coefficient (Wildman–Crippen LogP) is 5.72. The van der Waals surface area contributed by atoms with E-state index in [4.69, 9.17) is 5.26 Å². The first kappa shape index (κ1) is 17.4. The Bertz CT molecular complexity index is 549. The van der Waals surface area contributed by atoms with Crippen molar-refractivity contribution in [3.8, 4) is 11.8 Å². The third-order valence-corrected chi connectivity index (χ3v) is 4.37. The summed E-state index contributed by atoms with van der Waals surface area (Å²) in [6, 6.07) is 8.25. The van der Waals surface area contributed by atoms with Crippen LogP contribution in [0.5, 0.6) is 5.75 Å². The average molecular weight is 323 g/mol. The molecule has 0 bridgehead atoms. The Hall–Kier alpha value is -1.96. The van der Waals surface area contributed by atoms with Crippen LogP contribution in [0.25, 0.3) is 0 Å². The fourth-order valence-electron chi connectivity index (χ4n) is 3.19. The molecule has 23 heavy (non-hydrogen) atoms. The van der Waals surface area contributed by atoms with Gasteiger partial charge in [-0.3, -0.25) is 0 Å². The number of hydrogen-bond acceptors (Lipinski definition) is 2. The zero-order chi connectivity index (χ0) is 16.7. The molecule has 1 fully saturated rings. The summed E-state index contributed by atoms with van der Waals surface area (Å²) in [5.74, 6) is 0.933. The topological polar surface area (TPSA) is 33.0 Å². The fraction of sp³-hybridized carbons (Fsp3) is 0.500. The van der Waals surface area contributed by atoms with Gasteiger partial charge in [0, 0.05) is 6.08 Å². The maximum absolute atomic E-state index is 12.1. The van der Waals surface area contributed by atoms with Gasteiger partial charge in [0.25, 0.3) is 0 Å². The third-order valence-electron chi connectivity index (χ3n) is 4.37. The van der Waals surface area contributed by atoms with Crippen LogP contribution < -0.4 is 4.74 Å². The number of rotatable bonds is 5. The Morgan fingerprint density at radius 2 is 1.78 bits per heavy atom. The van der Waals surface area contributed by atoms with Gasteiger partial charge in [-0.2, -0.15) is 5.26 Å². The van der Waals surface area contributed by atoms with Gasteiger partial charge in [-0.25, -0.2) is 0 Å². The Kier molecular flexibility index (Phi) is 6.09. The SMILES string of the molecule is N#CC=CCC[C@H]1CC[C@H](c2ccc(OC(F)(F)F)cc2)CC1. The van der Waals surface area contributed by atoms with Gasteiger partial charge in [-0.15, -0.1) is 13.2 Å². The number of alkyl halides is 3. The van der Waals surface area contributed by atoms with Crippen LogP contribution in [0.2, 0.25) is 0 Å². The van der Waals surface area contributed by atoms with E-state index < -0.39 is 6.36 Å². The lowest BCUT2D eigenvalue weighted by Gasteiger charge is -2.28. The summed E-state index contributed by atoms with van der Waals surface area (Å²) < 4.78 is 40.3. The Labute approximate surface area is 134 Å². The van der Waals surface area contributed by atoms with Gasteiger partial charge in [0.2, 0.25) is 0 Å². The molecule has 1 aliphatic rings. The van der Waals surface area contributed by atoms with E-state index in [0.29, 0.717) is 11.8 Å². The molecule has 0 aliphatic heterocycles. The zero-order valence-corrected chi connectivity index (χ0v) is 12.9. The van der Waals surface area contributed by atoms with Crippen molar-refractivity contribution in [3.05, 3.63) is 42.0 Å². The molecule has 0 heterocycles. The zero-order valence-electron chi connectivity index (χ0n) is 12.9. The fourth-order valence-corrected chi connectivity index (χ4v) is 3.19. The Morgan fingerprint density at radius 3 is 2.35 bits per heavy atom. The van der Waals surface area contributed by atoms with E-state index in [1.165, 1.54) is 18.2 Å². The molecule has 2 nitrogen and oxygen atoms in total. The number of nitriles is 1. The van der Waals surface area contributed by atoms with Crippen molar-refractivity contribution < 1.29 is 17.9 Å². The first-order valence-corrected chi connectivity index (χ1v) is 7.88. The molecule has 2 rings (SSSR count). The number of halogens is 3. The summed E-state index contributed by atoms with van der Waals surface area (Å²) in [5.41, 5.74) is 1.09. The van der Waals surface area contributed by atoms with Crippen molar-refractivity contribution in [1.29, 1.82) is 5.26 Å². The van der Waals surface area contributed by atoms with Crippen molar-refractivity contribution in [2.24, 2.45) is 5.92 Å². The van der Waals surface area contributed by atoms with Crippen LogP contribution in [-0.2, 0) is 0 Å². The van der Waals surface area contributed by atoms with E-state index in [9.17, 15) is 13.2 Å². The van der Waals surface area contributed by atoms with E-state index in [2.05, 4.69) is 4.74 Å². The first-order valence-electron chi connectivity index (χ1n) is 7.88. The molecular formula is C18H20F3NO. The average Bonchev–Trinajstić information content (AvgIpc) is 2.52. The maximum Gasteiger partial charge on any atom is 0.573 e. The second-order valence-electron chi connectivity index (χ2n) is 5.94. The van der Waals surface area contributed by atoms with Crippen molar-refractivity contribution in [1.82, 2.24) is 0 Å². The Balaban J connectivity index is 1.81. The molecule has 124 valence electrons. The summed E-state index contributed by atoms with van der Waals surface area (Å²) in [6.07, 6.45) is 5.22. The second kappa shape index (κ2) is 8.05. The van der Waals surface area contributed by atoms with Crippen molar-refractivity contribution in [2.75, 3.05) is 0 Å². The summed E-state index contributed by atoms with van der Waals surface area (Å²) in [4.78, 5) is 0. The molecule has 0 amide bonds. The van der Waals surface area contributed by atoms with Crippen LogP contribution in [0.4, 0.5) is 13.2 Å². The molecule has 1 aromatic rings. The Morgan fingerprint density at radius 1 is 1.13 bits per heavy atom. The van der Waals surface area contributed by atoms with Gasteiger partial charge < -0.3 is 4.74 Å². The molecule has 0 unspecified atom stereocenters. The lowest BCUT2D eigenvalue weighted by molar-refractivity contribution is -0.274. The van der Waals surface area contributed by atoms with E-state index in [1.54, 1.807) is 12.1 Å². The maximum atomic E-state index is 12.1. The van der Waals surface area contributed by atoms with E-state index in [0.717, 1.165) is 44.1 Å². The van der Waals surface area contributed by atoms with E-state index in [1.807, 2.05) is 12.1 Å². The third kappa shape index (κ3) is 5.97. The minimum Gasteiger partial charge on any atom is -0.406 e. The van der Waals surface area contributed by atoms with Crippen LogP contribution in [0, 0.1) is 17.2 Å². The quantitative estimate of drug-likeness (QED) is 0.649. The van der Waals surface area contributed by atoms with E-state index in [-0.39, 0.29) is 5.75 Å². The molecule has 1 aliphatic carbocycles. The van der Waals surface area contributed by atoms with Crippen LogP contribution in [0.1, 0.15) is 50.0 Å². The molecule has 0 atom stereocenters. The lowest BCUT2D eigenvalue weighted by Crippen LogP contribution is -2.17. The number of nitrogens with zero attached hydrogens (tertiary/aromatic N) is 1. The summed E-state index contributed by atoms with van der Waals surface area (Å²) in [6.45, 7) is 0. The van der Waals surface area contributed by atoms with Crippen LogP contribution >= 0.6 is 0 Å². The highest BCUT2D eigenvalue weighted by Gasteiger charge is 2.31. The monoisotopic (exact) mass is 323 g/mol. The van der Waals surface area contributed by atoms with Gasteiger partial charge in [-0.05, 0) is 68.1 Å². The first-order chi connectivity index (χ1) is 11.0. The summed E-state index contributed by atoms with van der Waals surface area (Å²) in [5, 5.41) is 8.44. The molecule has 0 saturated heterocycles. The highest BCUT2D eigenvalue weighted by atomic mass is 19.4. The van der Waals surface area contributed by atoms with Crippen molar-refractivity contribution in [3.63, 3.8) is 0 Å². The molecule has 0 spiro atoms. The predicted molar refractivity (Wildman–Crippen MR) is 81.8 cm³/mol. The van der Waals surface area contributed by atoms with Gasteiger partial charge >= 0.3 is 6.36 Å². The summed E-state index contributed by atoms with van der Waals surface area (Å²) in [7, 11) is 0. The normalized spacial score (nSPS) is 22.0. The minimum atomic E-state index is -4.64. The molecule has 0 radical (unpaired) electrons. The van der Waals surface area contributed by atoms with Gasteiger partial charge in [-0.1, -0.05) is 18.2 Å². The van der Waals surface area contributed by atoms with Crippen molar-refractivity contribution >= 4 is 0 Å². The highest BCUT2D eigenvalue weighted by molar-refractivity contribution is 5.29. The van der Waals surface area contributed by atoms with Gasteiger partial charge in [0.15, 0.2) is 0 Å². The van der Waals surface area contributed by atoms with Gasteiger partial charge in [0.05, 0.1) is 6.07 Å². The number of allylic oxidation sites excluding steroid dienone is 2. The largest absolute Gasteiger partial charge is 0.573 e. The van der Waals surface area contributed by atoms with Crippen LogP contribution in [0.15, 0.2) is 36.4 Å². The van der Waals surface area contributed by atoms with E-state index >= 15 is 0 Å². The van der Waals surface area contributed by atoms with Gasteiger partial charge in [0.1, 0.15) is 5.75 Å². The molecular weight excluding hydrogens is 303 g/mol. The lowest BCUT2D eigenvalue weighted by atomic mass is 9.77. The molecule has 0 aromatic heterocycles. The second-order valence-corrected chi connectivity index (χ2v) is 5.94. The smallest absolute Gasteiger partial charge is 0.406 e.